The molecule has 1 amide bonds. The number of hydrogen-bond donors (Lipinski definition) is 1. The van der Waals surface area contributed by atoms with Gasteiger partial charge in [-0.1, -0.05) is 12.1 Å². The summed E-state index contributed by atoms with van der Waals surface area (Å²) in [6.45, 7) is 7.77. The molecule has 1 aliphatic rings. The number of morpholine rings is 1. The van der Waals surface area contributed by atoms with Crippen molar-refractivity contribution in [3.05, 3.63) is 29.3 Å². The number of amides is 1. The molecule has 2 rings (SSSR count). The monoisotopic (exact) mass is 398 g/mol. The molecule has 1 aromatic rings. The highest BCUT2D eigenvalue weighted by atomic mass is 32.2. The normalized spacial score (nSPS) is 15.7. The molecule has 1 heterocycles. The Morgan fingerprint density at radius 2 is 1.89 bits per heavy atom. The van der Waals surface area contributed by atoms with Crippen LogP contribution in [-0.2, 0) is 19.7 Å². The number of ether oxygens (including phenoxy) is 1. The molecule has 1 aliphatic heterocycles. The standard InChI is InChI=1S/C18H30N4O4S/c1-15-5-6-16(2)17(13-15)22(27(24,25)20(3)4)14-18(23)19-7-8-21-9-11-26-12-10-21/h5-6,13H,7-12,14H2,1-4H3,(H,19,23). The number of hydrogen-bond acceptors (Lipinski definition) is 5. The third-order valence-corrected chi connectivity index (χ3v) is 6.32. The van der Waals surface area contributed by atoms with Gasteiger partial charge < -0.3 is 10.1 Å². The summed E-state index contributed by atoms with van der Waals surface area (Å²) in [6.07, 6.45) is 0. The number of nitrogens with one attached hydrogen (secondary N) is 1. The highest BCUT2D eigenvalue weighted by Gasteiger charge is 2.28. The van der Waals surface area contributed by atoms with Crippen molar-refractivity contribution in [1.29, 1.82) is 0 Å². The summed E-state index contributed by atoms with van der Waals surface area (Å²) in [4.78, 5) is 14.7. The van der Waals surface area contributed by atoms with Gasteiger partial charge in [-0.2, -0.15) is 12.7 Å². The fourth-order valence-electron chi connectivity index (χ4n) is 2.84. The van der Waals surface area contributed by atoms with E-state index in [2.05, 4.69) is 10.2 Å². The minimum Gasteiger partial charge on any atom is -0.379 e. The lowest BCUT2D eigenvalue weighted by atomic mass is 10.1. The molecule has 0 aliphatic carbocycles. The molecule has 0 saturated carbocycles. The lowest BCUT2D eigenvalue weighted by Crippen LogP contribution is -2.47. The van der Waals surface area contributed by atoms with Crippen LogP contribution in [0.3, 0.4) is 0 Å². The zero-order valence-electron chi connectivity index (χ0n) is 16.6. The molecule has 0 aromatic heterocycles. The molecule has 9 heteroatoms. The predicted molar refractivity (Wildman–Crippen MR) is 106 cm³/mol. The molecular formula is C18H30N4O4S. The van der Waals surface area contributed by atoms with E-state index in [1.54, 1.807) is 6.07 Å². The fourth-order valence-corrected chi connectivity index (χ4v) is 3.96. The van der Waals surface area contributed by atoms with Gasteiger partial charge in [0.05, 0.1) is 18.9 Å². The molecule has 0 bridgehead atoms. The topological polar surface area (TPSA) is 82.2 Å². The molecule has 27 heavy (non-hydrogen) atoms. The first kappa shape index (κ1) is 21.6. The Morgan fingerprint density at radius 1 is 1.22 bits per heavy atom. The van der Waals surface area contributed by atoms with Crippen molar-refractivity contribution in [3.63, 3.8) is 0 Å². The summed E-state index contributed by atoms with van der Waals surface area (Å²) >= 11 is 0. The maximum Gasteiger partial charge on any atom is 0.304 e. The molecule has 1 saturated heterocycles. The van der Waals surface area contributed by atoms with Crippen molar-refractivity contribution in [2.75, 3.05) is 64.3 Å². The summed E-state index contributed by atoms with van der Waals surface area (Å²) in [5.74, 6) is -0.324. The van der Waals surface area contributed by atoms with Crippen molar-refractivity contribution in [2.45, 2.75) is 13.8 Å². The fraction of sp³-hybridized carbons (Fsp3) is 0.611. The van der Waals surface area contributed by atoms with Gasteiger partial charge in [0, 0.05) is 40.3 Å². The lowest BCUT2D eigenvalue weighted by Gasteiger charge is -2.29. The second-order valence-electron chi connectivity index (χ2n) is 6.89. The Kier molecular flexibility index (Phi) is 7.60. The first-order valence-electron chi connectivity index (χ1n) is 9.06. The maximum absolute atomic E-state index is 12.8. The van der Waals surface area contributed by atoms with Crippen LogP contribution < -0.4 is 9.62 Å². The van der Waals surface area contributed by atoms with E-state index in [1.807, 2.05) is 26.0 Å². The second-order valence-corrected chi connectivity index (χ2v) is 8.96. The largest absolute Gasteiger partial charge is 0.379 e. The van der Waals surface area contributed by atoms with Crippen LogP contribution in [0.15, 0.2) is 18.2 Å². The average Bonchev–Trinajstić information content (AvgIpc) is 2.62. The number of benzene rings is 1. The van der Waals surface area contributed by atoms with Crippen molar-refractivity contribution in [3.8, 4) is 0 Å². The number of carbonyl (C=O) groups excluding carboxylic acids is 1. The first-order valence-corrected chi connectivity index (χ1v) is 10.5. The Morgan fingerprint density at radius 3 is 2.52 bits per heavy atom. The van der Waals surface area contributed by atoms with E-state index >= 15 is 0 Å². The minimum absolute atomic E-state index is 0.256. The van der Waals surface area contributed by atoms with Gasteiger partial charge in [0.15, 0.2) is 0 Å². The number of aryl methyl sites for hydroxylation is 2. The Hall–Kier alpha value is -1.68. The molecule has 1 N–H and O–H groups in total. The Labute approximate surface area is 162 Å². The SMILES string of the molecule is Cc1ccc(C)c(N(CC(=O)NCCN2CCOCC2)S(=O)(=O)N(C)C)c1. The van der Waals surface area contributed by atoms with Gasteiger partial charge in [-0.3, -0.25) is 9.69 Å². The molecular weight excluding hydrogens is 368 g/mol. The quantitative estimate of drug-likeness (QED) is 0.684. The third kappa shape index (κ3) is 5.90. The summed E-state index contributed by atoms with van der Waals surface area (Å²) in [6, 6.07) is 5.57. The molecule has 0 spiro atoms. The summed E-state index contributed by atoms with van der Waals surface area (Å²) in [5.41, 5.74) is 2.25. The number of nitrogens with zero attached hydrogens (tertiary/aromatic N) is 3. The third-order valence-electron chi connectivity index (χ3n) is 4.51. The highest BCUT2D eigenvalue weighted by Crippen LogP contribution is 2.25. The Bertz CT molecular complexity index is 746. The van der Waals surface area contributed by atoms with E-state index in [1.165, 1.54) is 18.4 Å². The van der Waals surface area contributed by atoms with Gasteiger partial charge >= 0.3 is 10.2 Å². The van der Waals surface area contributed by atoms with Gasteiger partial charge in [0.1, 0.15) is 6.54 Å². The molecule has 1 aromatic carbocycles. The molecule has 8 nitrogen and oxygen atoms in total. The van der Waals surface area contributed by atoms with Crippen molar-refractivity contribution in [1.82, 2.24) is 14.5 Å². The van der Waals surface area contributed by atoms with Gasteiger partial charge in [-0.15, -0.1) is 0 Å². The lowest BCUT2D eigenvalue weighted by molar-refractivity contribution is -0.119. The van der Waals surface area contributed by atoms with Crippen LogP contribution >= 0.6 is 0 Å². The van der Waals surface area contributed by atoms with E-state index in [9.17, 15) is 13.2 Å². The van der Waals surface area contributed by atoms with Crippen LogP contribution in [-0.4, -0.2) is 83.6 Å². The zero-order chi connectivity index (χ0) is 20.0. The van der Waals surface area contributed by atoms with Crippen LogP contribution in [0.25, 0.3) is 0 Å². The van der Waals surface area contributed by atoms with Gasteiger partial charge in [0.2, 0.25) is 5.91 Å². The van der Waals surface area contributed by atoms with Crippen molar-refractivity contribution < 1.29 is 17.9 Å². The summed E-state index contributed by atoms with van der Waals surface area (Å²) < 4.78 is 33.2. The van der Waals surface area contributed by atoms with Crippen LogP contribution in [0.4, 0.5) is 5.69 Å². The Balaban J connectivity index is 2.07. The van der Waals surface area contributed by atoms with Crippen molar-refractivity contribution >= 4 is 21.8 Å². The summed E-state index contributed by atoms with van der Waals surface area (Å²) in [5, 5.41) is 2.83. The maximum atomic E-state index is 12.8. The van der Waals surface area contributed by atoms with E-state index in [0.29, 0.717) is 25.4 Å². The van der Waals surface area contributed by atoms with Crippen molar-refractivity contribution in [2.24, 2.45) is 0 Å². The van der Waals surface area contributed by atoms with E-state index in [-0.39, 0.29) is 12.5 Å². The molecule has 1 fully saturated rings. The van der Waals surface area contributed by atoms with Crippen LogP contribution in [0, 0.1) is 13.8 Å². The van der Waals surface area contributed by atoms with E-state index < -0.39 is 10.2 Å². The van der Waals surface area contributed by atoms with Gasteiger partial charge in [-0.05, 0) is 31.0 Å². The number of rotatable bonds is 8. The van der Waals surface area contributed by atoms with Crippen LogP contribution in [0.1, 0.15) is 11.1 Å². The average molecular weight is 399 g/mol. The molecule has 0 atom stereocenters. The minimum atomic E-state index is -3.79. The van der Waals surface area contributed by atoms with Gasteiger partial charge in [-0.25, -0.2) is 4.31 Å². The smallest absolute Gasteiger partial charge is 0.304 e. The highest BCUT2D eigenvalue weighted by molar-refractivity contribution is 7.90. The molecule has 0 radical (unpaired) electrons. The summed E-state index contributed by atoms with van der Waals surface area (Å²) in [7, 11) is -0.869. The molecule has 152 valence electrons. The van der Waals surface area contributed by atoms with Crippen LogP contribution in [0.5, 0.6) is 0 Å². The second kappa shape index (κ2) is 9.50. The predicted octanol–water partition coefficient (Wildman–Crippen LogP) is 0.365. The van der Waals surface area contributed by atoms with Crippen LogP contribution in [0.2, 0.25) is 0 Å². The molecule has 0 unspecified atom stereocenters. The number of carbonyl (C=O) groups is 1. The van der Waals surface area contributed by atoms with Gasteiger partial charge in [0.25, 0.3) is 0 Å². The van der Waals surface area contributed by atoms with E-state index in [4.69, 9.17) is 4.74 Å². The first-order chi connectivity index (χ1) is 12.7. The number of anilines is 1. The van der Waals surface area contributed by atoms with E-state index in [0.717, 1.165) is 35.1 Å². The zero-order valence-corrected chi connectivity index (χ0v) is 17.4.